The van der Waals surface area contributed by atoms with Gasteiger partial charge in [0.25, 0.3) is 0 Å². The fourth-order valence-corrected chi connectivity index (χ4v) is 5.63. The highest BCUT2D eigenvalue weighted by Gasteiger charge is 2.13. The monoisotopic (exact) mass is 598 g/mol. The maximum Gasteiger partial charge on any atom is 0.126 e. The second-order valence-corrected chi connectivity index (χ2v) is 13.7. The summed E-state index contributed by atoms with van der Waals surface area (Å²) in [5.41, 5.74) is 9.94. The topological polar surface area (TPSA) is 0 Å². The third kappa shape index (κ3) is 10.7. The molecule has 0 aromatic heterocycles. The molecule has 0 saturated carbocycles. The molecule has 0 aliphatic carbocycles. The van der Waals surface area contributed by atoms with Crippen molar-refractivity contribution < 1.29 is 8.78 Å². The van der Waals surface area contributed by atoms with Gasteiger partial charge in [-0.1, -0.05) is 150 Å². The van der Waals surface area contributed by atoms with Crippen molar-refractivity contribution >= 4 is 0 Å². The van der Waals surface area contributed by atoms with E-state index in [1.807, 2.05) is 12.1 Å². The summed E-state index contributed by atoms with van der Waals surface area (Å²) in [4.78, 5) is 0. The molecule has 2 heteroatoms. The Balaban J connectivity index is 0.000000244. The van der Waals surface area contributed by atoms with E-state index in [1.54, 1.807) is 0 Å². The van der Waals surface area contributed by atoms with Gasteiger partial charge in [-0.2, -0.15) is 0 Å². The third-order valence-corrected chi connectivity index (χ3v) is 8.01. The molecule has 0 fully saturated rings. The Morgan fingerprint density at radius 2 is 0.614 bits per heavy atom. The van der Waals surface area contributed by atoms with Crippen LogP contribution in [0.2, 0.25) is 0 Å². The Hall–Kier alpha value is -3.26. The van der Waals surface area contributed by atoms with Crippen LogP contribution >= 0.6 is 0 Å². The zero-order valence-electron chi connectivity index (χ0n) is 29.3. The Labute approximate surface area is 268 Å². The van der Waals surface area contributed by atoms with Gasteiger partial charge in [0, 0.05) is 6.07 Å². The first kappa shape index (κ1) is 36.9. The van der Waals surface area contributed by atoms with Crippen LogP contribution in [-0.4, -0.2) is 0 Å². The molecule has 0 aliphatic rings. The molecule has 0 bridgehead atoms. The standard InChI is InChI=1S/C18H20F2.2C12H18/c1-11(2)17-6-5-13(9-18(17)12(3)4)14-7-15(19)10-16(20)8-14;2*1-9(2)11-7-5-6-8-12(11)10(3)4/h5-12H,1-4H3;2*5-10H,1-4H3. The van der Waals surface area contributed by atoms with Crippen molar-refractivity contribution in [2.45, 2.75) is 119 Å². The van der Waals surface area contributed by atoms with Gasteiger partial charge in [-0.3, -0.25) is 0 Å². The number of benzene rings is 4. The van der Waals surface area contributed by atoms with Crippen molar-refractivity contribution in [1.82, 2.24) is 0 Å². The molecule has 0 spiro atoms. The van der Waals surface area contributed by atoms with Gasteiger partial charge >= 0.3 is 0 Å². The van der Waals surface area contributed by atoms with Crippen LogP contribution in [0.5, 0.6) is 0 Å². The quantitative estimate of drug-likeness (QED) is 0.198. The molecule has 4 rings (SSSR count). The molecule has 0 heterocycles. The molecule has 4 aromatic carbocycles. The van der Waals surface area contributed by atoms with E-state index in [2.05, 4.69) is 138 Å². The van der Waals surface area contributed by atoms with E-state index in [4.69, 9.17) is 0 Å². The average Bonchev–Trinajstić information content (AvgIpc) is 2.96. The van der Waals surface area contributed by atoms with Gasteiger partial charge in [0.2, 0.25) is 0 Å². The predicted molar refractivity (Wildman–Crippen MR) is 189 cm³/mol. The maximum absolute atomic E-state index is 13.3. The molecular weight excluding hydrogens is 542 g/mol. The van der Waals surface area contributed by atoms with Crippen molar-refractivity contribution in [3.8, 4) is 11.1 Å². The van der Waals surface area contributed by atoms with Crippen LogP contribution in [-0.2, 0) is 0 Å². The number of rotatable bonds is 7. The summed E-state index contributed by atoms with van der Waals surface area (Å²) in [5.74, 6) is 2.30. The van der Waals surface area contributed by atoms with Crippen LogP contribution in [0.25, 0.3) is 11.1 Å². The first-order valence-corrected chi connectivity index (χ1v) is 16.4. The van der Waals surface area contributed by atoms with Crippen LogP contribution in [0.15, 0.2) is 84.9 Å². The summed E-state index contributed by atoms with van der Waals surface area (Å²) in [7, 11) is 0. The van der Waals surface area contributed by atoms with E-state index >= 15 is 0 Å². The zero-order chi connectivity index (χ0) is 33.1. The van der Waals surface area contributed by atoms with Gasteiger partial charge < -0.3 is 0 Å². The molecule has 0 atom stereocenters. The van der Waals surface area contributed by atoms with Gasteiger partial charge in [0.1, 0.15) is 11.6 Å². The highest BCUT2D eigenvalue weighted by atomic mass is 19.1. The summed E-state index contributed by atoms with van der Waals surface area (Å²) in [6, 6.07) is 27.1. The van der Waals surface area contributed by atoms with Gasteiger partial charge in [0.15, 0.2) is 0 Å². The molecule has 4 aromatic rings. The summed E-state index contributed by atoms with van der Waals surface area (Å²) in [6.07, 6.45) is 0. The molecule has 0 aliphatic heterocycles. The van der Waals surface area contributed by atoms with Crippen LogP contribution in [0.3, 0.4) is 0 Å². The first-order chi connectivity index (χ1) is 20.6. The highest BCUT2D eigenvalue weighted by molar-refractivity contribution is 5.65. The minimum atomic E-state index is -0.543. The minimum Gasteiger partial charge on any atom is -0.207 e. The van der Waals surface area contributed by atoms with Gasteiger partial charge in [-0.05, 0) is 92.1 Å². The number of hydrogen-bond donors (Lipinski definition) is 0. The lowest BCUT2D eigenvalue weighted by molar-refractivity contribution is 0.584. The Morgan fingerprint density at radius 1 is 0.318 bits per heavy atom. The molecule has 44 heavy (non-hydrogen) atoms. The molecular formula is C42H56F2. The molecule has 0 N–H and O–H groups in total. The Morgan fingerprint density at radius 3 is 0.909 bits per heavy atom. The minimum absolute atomic E-state index is 0.380. The summed E-state index contributed by atoms with van der Waals surface area (Å²) in [5, 5.41) is 0. The highest BCUT2D eigenvalue weighted by Crippen LogP contribution is 2.32. The molecule has 0 saturated heterocycles. The third-order valence-electron chi connectivity index (χ3n) is 8.01. The van der Waals surface area contributed by atoms with Crippen LogP contribution in [0.1, 0.15) is 152 Å². The SMILES string of the molecule is CC(C)c1ccc(-c2cc(F)cc(F)c2)cc1C(C)C.CC(C)c1ccccc1C(C)C.CC(C)c1ccccc1C(C)C. The molecule has 0 radical (unpaired) electrons. The van der Waals surface area contributed by atoms with Gasteiger partial charge in [-0.15, -0.1) is 0 Å². The zero-order valence-corrected chi connectivity index (χ0v) is 29.3. The molecule has 0 nitrogen and oxygen atoms in total. The van der Waals surface area contributed by atoms with E-state index in [0.29, 0.717) is 41.1 Å². The van der Waals surface area contributed by atoms with E-state index < -0.39 is 11.6 Å². The summed E-state index contributed by atoms with van der Waals surface area (Å²) >= 11 is 0. The second-order valence-electron chi connectivity index (χ2n) is 13.7. The Bertz CT molecular complexity index is 1310. The van der Waals surface area contributed by atoms with E-state index in [0.717, 1.165) is 11.6 Å². The van der Waals surface area contributed by atoms with Crippen molar-refractivity contribution in [3.63, 3.8) is 0 Å². The lowest BCUT2D eigenvalue weighted by atomic mass is 9.88. The van der Waals surface area contributed by atoms with Crippen LogP contribution < -0.4 is 0 Å². The summed E-state index contributed by atoms with van der Waals surface area (Å²) in [6.45, 7) is 26.6. The Kier molecular flexibility index (Phi) is 14.5. The molecule has 238 valence electrons. The van der Waals surface area contributed by atoms with Crippen molar-refractivity contribution in [3.05, 3.63) is 130 Å². The average molecular weight is 599 g/mol. The van der Waals surface area contributed by atoms with Gasteiger partial charge in [-0.25, -0.2) is 8.78 Å². The first-order valence-electron chi connectivity index (χ1n) is 16.4. The van der Waals surface area contributed by atoms with E-state index in [9.17, 15) is 8.78 Å². The summed E-state index contributed by atoms with van der Waals surface area (Å²) < 4.78 is 26.7. The van der Waals surface area contributed by atoms with E-state index in [-0.39, 0.29) is 0 Å². The molecule has 0 amide bonds. The largest absolute Gasteiger partial charge is 0.207 e. The van der Waals surface area contributed by atoms with Crippen molar-refractivity contribution in [1.29, 1.82) is 0 Å². The van der Waals surface area contributed by atoms with Crippen molar-refractivity contribution in [2.75, 3.05) is 0 Å². The molecule has 0 unspecified atom stereocenters. The second kappa shape index (κ2) is 17.3. The smallest absolute Gasteiger partial charge is 0.126 e. The van der Waals surface area contributed by atoms with Gasteiger partial charge in [0.05, 0.1) is 0 Å². The number of hydrogen-bond acceptors (Lipinski definition) is 0. The van der Waals surface area contributed by atoms with Crippen molar-refractivity contribution in [2.24, 2.45) is 0 Å². The fraction of sp³-hybridized carbons (Fsp3) is 0.429. The fourth-order valence-electron chi connectivity index (χ4n) is 5.63. The van der Waals surface area contributed by atoms with E-state index in [1.165, 1.54) is 45.5 Å². The van der Waals surface area contributed by atoms with Crippen LogP contribution in [0.4, 0.5) is 8.78 Å². The van der Waals surface area contributed by atoms with Crippen LogP contribution in [0, 0.1) is 11.6 Å². The predicted octanol–water partition coefficient (Wildman–Crippen LogP) is 13.7. The number of halogens is 2. The maximum atomic E-state index is 13.3. The normalized spacial score (nSPS) is 11.3. The lowest BCUT2D eigenvalue weighted by Crippen LogP contribution is -1.99. The lowest BCUT2D eigenvalue weighted by Gasteiger charge is -2.17.